The Hall–Kier alpha value is -2.55. The van der Waals surface area contributed by atoms with E-state index in [1.165, 1.54) is 6.92 Å². The van der Waals surface area contributed by atoms with Crippen molar-refractivity contribution in [1.82, 2.24) is 19.7 Å². The third kappa shape index (κ3) is 3.32. The lowest BCUT2D eigenvalue weighted by Crippen LogP contribution is -2.49. The standard InChI is InChI=1S/C16H19F2N5O2/c1-11-19-13(21-23(11)12-6-4-3-5-7-12)20-14(25)22-9-16(17,18)8-15(22,2)10-24/h3-7,24H,8-10H2,1-2H3,(H,20,21,25). The molecule has 1 aliphatic heterocycles. The molecule has 7 nitrogen and oxygen atoms in total. The highest BCUT2D eigenvalue weighted by Crippen LogP contribution is 2.39. The number of likely N-dealkylation sites (tertiary alicyclic amines) is 1. The molecule has 3 rings (SSSR count). The second kappa shape index (κ2) is 6.07. The SMILES string of the molecule is Cc1nc(NC(=O)N2CC(F)(F)CC2(C)CO)nn1-c1ccccc1. The van der Waals surface area contributed by atoms with Crippen LogP contribution in [0.2, 0.25) is 0 Å². The fraction of sp³-hybridized carbons (Fsp3) is 0.438. The molecule has 2 N–H and O–H groups in total. The smallest absolute Gasteiger partial charge is 0.325 e. The van der Waals surface area contributed by atoms with Crippen molar-refractivity contribution < 1.29 is 18.7 Å². The van der Waals surface area contributed by atoms with Gasteiger partial charge < -0.3 is 10.0 Å². The van der Waals surface area contributed by atoms with Crippen LogP contribution in [0.15, 0.2) is 30.3 Å². The molecule has 1 unspecified atom stereocenters. The number of hydrogen-bond donors (Lipinski definition) is 2. The van der Waals surface area contributed by atoms with E-state index in [0.29, 0.717) is 5.82 Å². The van der Waals surface area contributed by atoms with Crippen LogP contribution in [0.25, 0.3) is 5.69 Å². The van der Waals surface area contributed by atoms with E-state index in [-0.39, 0.29) is 5.95 Å². The van der Waals surface area contributed by atoms with Gasteiger partial charge >= 0.3 is 6.03 Å². The van der Waals surface area contributed by atoms with Crippen molar-refractivity contribution in [1.29, 1.82) is 0 Å². The van der Waals surface area contributed by atoms with Crippen LogP contribution >= 0.6 is 0 Å². The Morgan fingerprint density at radius 1 is 1.36 bits per heavy atom. The van der Waals surface area contributed by atoms with Gasteiger partial charge in [-0.3, -0.25) is 5.32 Å². The normalized spacial score (nSPS) is 22.2. The van der Waals surface area contributed by atoms with E-state index < -0.39 is 37.1 Å². The third-order valence-corrected chi connectivity index (χ3v) is 4.25. The molecule has 9 heteroatoms. The van der Waals surface area contributed by atoms with E-state index in [9.17, 15) is 18.7 Å². The number of benzene rings is 1. The van der Waals surface area contributed by atoms with E-state index >= 15 is 0 Å². The number of nitrogens with zero attached hydrogens (tertiary/aromatic N) is 4. The van der Waals surface area contributed by atoms with Gasteiger partial charge in [0.05, 0.1) is 24.4 Å². The highest BCUT2D eigenvalue weighted by molar-refractivity contribution is 5.88. The monoisotopic (exact) mass is 351 g/mol. The third-order valence-electron chi connectivity index (χ3n) is 4.25. The summed E-state index contributed by atoms with van der Waals surface area (Å²) in [5, 5.41) is 16.1. The fourth-order valence-electron chi connectivity index (χ4n) is 3.01. The Bertz CT molecular complexity index is 780. The van der Waals surface area contributed by atoms with E-state index in [1.807, 2.05) is 30.3 Å². The number of rotatable bonds is 3. The molecular weight excluding hydrogens is 332 g/mol. The number of anilines is 1. The number of aliphatic hydroxyl groups excluding tert-OH is 1. The predicted octanol–water partition coefficient (Wildman–Crippen LogP) is 2.20. The van der Waals surface area contributed by atoms with Gasteiger partial charge in [0.25, 0.3) is 11.9 Å². The van der Waals surface area contributed by atoms with Crippen LogP contribution in [0.3, 0.4) is 0 Å². The Labute approximate surface area is 143 Å². The minimum atomic E-state index is -3.04. The number of aromatic nitrogens is 3. The van der Waals surface area contributed by atoms with Gasteiger partial charge in [-0.1, -0.05) is 18.2 Å². The fourth-order valence-corrected chi connectivity index (χ4v) is 3.01. The number of aliphatic hydroxyl groups is 1. The number of halogens is 2. The number of nitrogens with one attached hydrogen (secondary N) is 1. The topological polar surface area (TPSA) is 83.3 Å². The molecule has 0 radical (unpaired) electrons. The molecule has 1 saturated heterocycles. The molecule has 2 heterocycles. The first kappa shape index (κ1) is 17.3. The summed E-state index contributed by atoms with van der Waals surface area (Å²) in [4.78, 5) is 17.5. The maximum atomic E-state index is 13.7. The van der Waals surface area contributed by atoms with Crippen molar-refractivity contribution in [3.8, 4) is 5.69 Å². The molecule has 1 fully saturated rings. The van der Waals surface area contributed by atoms with Crippen LogP contribution in [-0.4, -0.2) is 55.4 Å². The van der Waals surface area contributed by atoms with Crippen molar-refractivity contribution in [2.45, 2.75) is 31.7 Å². The zero-order chi connectivity index (χ0) is 18.2. The molecule has 2 aromatic rings. The van der Waals surface area contributed by atoms with Crippen molar-refractivity contribution in [2.24, 2.45) is 0 Å². The van der Waals surface area contributed by atoms with Crippen LogP contribution in [0.4, 0.5) is 19.5 Å². The van der Waals surface area contributed by atoms with Crippen LogP contribution in [0.5, 0.6) is 0 Å². The molecule has 25 heavy (non-hydrogen) atoms. The van der Waals surface area contributed by atoms with Crippen molar-refractivity contribution in [3.05, 3.63) is 36.2 Å². The summed E-state index contributed by atoms with van der Waals surface area (Å²) in [6.07, 6.45) is -0.588. The summed E-state index contributed by atoms with van der Waals surface area (Å²) < 4.78 is 28.9. The largest absolute Gasteiger partial charge is 0.394 e. The summed E-state index contributed by atoms with van der Waals surface area (Å²) in [5.41, 5.74) is -0.564. The number of urea groups is 1. The van der Waals surface area contributed by atoms with E-state index in [4.69, 9.17) is 0 Å². The number of carbonyl (C=O) groups is 1. The Balaban J connectivity index is 1.80. The van der Waals surface area contributed by atoms with E-state index in [2.05, 4.69) is 15.4 Å². The maximum absolute atomic E-state index is 13.7. The summed E-state index contributed by atoms with van der Waals surface area (Å²) in [7, 11) is 0. The Kier molecular flexibility index (Phi) is 4.19. The summed E-state index contributed by atoms with van der Waals surface area (Å²) in [6, 6.07) is 8.44. The number of hydrogen-bond acceptors (Lipinski definition) is 4. The first-order valence-electron chi connectivity index (χ1n) is 7.80. The van der Waals surface area contributed by atoms with E-state index in [0.717, 1.165) is 10.6 Å². The highest BCUT2D eigenvalue weighted by Gasteiger charge is 2.54. The van der Waals surface area contributed by atoms with Crippen LogP contribution < -0.4 is 5.32 Å². The van der Waals surface area contributed by atoms with E-state index in [1.54, 1.807) is 11.6 Å². The lowest BCUT2D eigenvalue weighted by atomic mass is 9.99. The van der Waals surface area contributed by atoms with Crippen LogP contribution in [-0.2, 0) is 0 Å². The van der Waals surface area contributed by atoms with Gasteiger partial charge in [-0.2, -0.15) is 4.98 Å². The van der Waals surface area contributed by atoms with Crippen molar-refractivity contribution in [3.63, 3.8) is 0 Å². The number of carbonyl (C=O) groups excluding carboxylic acids is 1. The van der Waals surface area contributed by atoms with Gasteiger partial charge in [0.2, 0.25) is 0 Å². The first-order valence-corrected chi connectivity index (χ1v) is 7.80. The zero-order valence-electron chi connectivity index (χ0n) is 13.9. The molecule has 2 amide bonds. The molecule has 0 saturated carbocycles. The molecule has 0 bridgehead atoms. The van der Waals surface area contributed by atoms with Gasteiger partial charge in [-0.25, -0.2) is 18.3 Å². The Morgan fingerprint density at radius 2 is 2.04 bits per heavy atom. The molecule has 0 aliphatic carbocycles. The molecule has 1 aromatic carbocycles. The average molecular weight is 351 g/mol. The molecule has 1 atom stereocenters. The van der Waals surface area contributed by atoms with Gasteiger partial charge in [-0.05, 0) is 26.0 Å². The number of alkyl halides is 2. The quantitative estimate of drug-likeness (QED) is 0.888. The lowest BCUT2D eigenvalue weighted by molar-refractivity contribution is 0.0115. The zero-order valence-corrected chi connectivity index (χ0v) is 13.9. The molecular formula is C16H19F2N5O2. The minimum Gasteiger partial charge on any atom is -0.394 e. The first-order chi connectivity index (χ1) is 11.7. The van der Waals surface area contributed by atoms with Gasteiger partial charge in [0, 0.05) is 6.42 Å². The predicted molar refractivity (Wildman–Crippen MR) is 86.9 cm³/mol. The van der Waals surface area contributed by atoms with Crippen LogP contribution in [0, 0.1) is 6.92 Å². The molecule has 1 aliphatic rings. The van der Waals surface area contributed by atoms with Crippen molar-refractivity contribution >= 4 is 12.0 Å². The maximum Gasteiger partial charge on any atom is 0.325 e. The van der Waals surface area contributed by atoms with Gasteiger partial charge in [0.15, 0.2) is 0 Å². The molecule has 0 spiro atoms. The number of para-hydroxylation sites is 1. The molecule has 1 aromatic heterocycles. The Morgan fingerprint density at radius 3 is 2.68 bits per heavy atom. The second-order valence-electron chi connectivity index (χ2n) is 6.43. The summed E-state index contributed by atoms with van der Waals surface area (Å²) in [5.74, 6) is -2.48. The second-order valence-corrected chi connectivity index (χ2v) is 6.43. The highest BCUT2D eigenvalue weighted by atomic mass is 19.3. The van der Waals surface area contributed by atoms with Crippen LogP contribution in [0.1, 0.15) is 19.2 Å². The van der Waals surface area contributed by atoms with Gasteiger partial charge in [-0.15, -0.1) is 5.10 Å². The summed E-state index contributed by atoms with van der Waals surface area (Å²) in [6.45, 7) is 1.83. The van der Waals surface area contributed by atoms with Crippen molar-refractivity contribution in [2.75, 3.05) is 18.5 Å². The average Bonchev–Trinajstić information content (AvgIpc) is 3.05. The lowest BCUT2D eigenvalue weighted by Gasteiger charge is -2.32. The van der Waals surface area contributed by atoms with Gasteiger partial charge in [0.1, 0.15) is 5.82 Å². The summed E-state index contributed by atoms with van der Waals surface area (Å²) >= 11 is 0. The minimum absolute atomic E-state index is 0.0156. The number of amides is 2. The number of aryl methyl sites for hydroxylation is 1. The molecule has 134 valence electrons.